The Labute approximate surface area is 135 Å². The SMILES string of the molecule is Cc1ccc(OC(=O)CN2C(=O)[C@@H]3CCCC[C@H]3C2=O)cc1C. The van der Waals surface area contributed by atoms with Crippen LogP contribution in [0.3, 0.4) is 0 Å². The maximum Gasteiger partial charge on any atom is 0.331 e. The van der Waals surface area contributed by atoms with Crippen LogP contribution in [0.4, 0.5) is 0 Å². The van der Waals surface area contributed by atoms with Gasteiger partial charge in [-0.25, -0.2) is 4.79 Å². The number of carbonyl (C=O) groups is 3. The Balaban J connectivity index is 1.66. The number of benzene rings is 1. The number of hydrogen-bond donors (Lipinski definition) is 0. The molecule has 2 aliphatic rings. The first-order valence-corrected chi connectivity index (χ1v) is 8.10. The highest BCUT2D eigenvalue weighted by Crippen LogP contribution is 2.37. The van der Waals surface area contributed by atoms with E-state index in [9.17, 15) is 14.4 Å². The van der Waals surface area contributed by atoms with Gasteiger partial charge in [0, 0.05) is 0 Å². The second kappa shape index (κ2) is 6.14. The van der Waals surface area contributed by atoms with Gasteiger partial charge in [-0.3, -0.25) is 14.5 Å². The van der Waals surface area contributed by atoms with Gasteiger partial charge in [0.05, 0.1) is 11.8 Å². The maximum absolute atomic E-state index is 12.3. The Morgan fingerprint density at radius 2 is 1.70 bits per heavy atom. The number of carbonyl (C=O) groups excluding carboxylic acids is 3. The number of ether oxygens (including phenoxy) is 1. The molecule has 0 spiro atoms. The molecule has 2 atom stereocenters. The Morgan fingerprint density at radius 1 is 1.09 bits per heavy atom. The van der Waals surface area contributed by atoms with Crippen LogP contribution in [0.1, 0.15) is 36.8 Å². The minimum atomic E-state index is -0.575. The van der Waals surface area contributed by atoms with E-state index >= 15 is 0 Å². The van der Waals surface area contributed by atoms with E-state index in [1.165, 1.54) is 0 Å². The molecule has 5 heteroatoms. The molecule has 0 aromatic heterocycles. The molecule has 2 amide bonds. The maximum atomic E-state index is 12.3. The lowest BCUT2D eigenvalue weighted by atomic mass is 9.81. The minimum absolute atomic E-state index is 0.211. The van der Waals surface area contributed by atoms with E-state index in [0.717, 1.165) is 41.7 Å². The predicted octanol–water partition coefficient (Wildman–Crippen LogP) is 2.38. The molecule has 1 aliphatic carbocycles. The molecule has 1 aromatic rings. The number of fused-ring (bicyclic) bond motifs is 1. The van der Waals surface area contributed by atoms with Crippen LogP contribution in [0.2, 0.25) is 0 Å². The third kappa shape index (κ3) is 3.00. The van der Waals surface area contributed by atoms with Gasteiger partial charge in [0.25, 0.3) is 0 Å². The van der Waals surface area contributed by atoms with E-state index in [1.54, 1.807) is 12.1 Å². The topological polar surface area (TPSA) is 63.7 Å². The zero-order chi connectivity index (χ0) is 16.6. The Morgan fingerprint density at radius 3 is 2.26 bits per heavy atom. The van der Waals surface area contributed by atoms with Crippen molar-refractivity contribution in [2.75, 3.05) is 6.54 Å². The lowest BCUT2D eigenvalue weighted by Gasteiger charge is -2.19. The fourth-order valence-corrected chi connectivity index (χ4v) is 3.46. The van der Waals surface area contributed by atoms with Crippen molar-refractivity contribution in [3.05, 3.63) is 29.3 Å². The number of rotatable bonds is 3. The van der Waals surface area contributed by atoms with Gasteiger partial charge >= 0.3 is 5.97 Å². The van der Waals surface area contributed by atoms with Crippen molar-refractivity contribution < 1.29 is 19.1 Å². The third-order valence-corrected chi connectivity index (χ3v) is 4.93. The van der Waals surface area contributed by atoms with Crippen LogP contribution in [0, 0.1) is 25.7 Å². The first-order valence-electron chi connectivity index (χ1n) is 8.10. The van der Waals surface area contributed by atoms with E-state index in [0.29, 0.717) is 5.75 Å². The number of amides is 2. The first-order chi connectivity index (χ1) is 11.0. The summed E-state index contributed by atoms with van der Waals surface area (Å²) in [7, 11) is 0. The van der Waals surface area contributed by atoms with Gasteiger partial charge in [0.15, 0.2) is 0 Å². The normalized spacial score (nSPS) is 23.8. The van der Waals surface area contributed by atoms with Crippen molar-refractivity contribution in [1.82, 2.24) is 4.90 Å². The molecule has 1 saturated carbocycles. The van der Waals surface area contributed by atoms with Crippen LogP contribution in [-0.4, -0.2) is 29.2 Å². The zero-order valence-corrected chi connectivity index (χ0v) is 13.5. The van der Waals surface area contributed by atoms with Gasteiger partial charge in [-0.15, -0.1) is 0 Å². The Hall–Kier alpha value is -2.17. The second-order valence-corrected chi connectivity index (χ2v) is 6.48. The summed E-state index contributed by atoms with van der Waals surface area (Å²) in [4.78, 5) is 37.8. The van der Waals surface area contributed by atoms with Crippen LogP contribution in [-0.2, 0) is 14.4 Å². The van der Waals surface area contributed by atoms with Crippen molar-refractivity contribution in [2.45, 2.75) is 39.5 Å². The molecular formula is C18H21NO4. The lowest BCUT2D eigenvalue weighted by Crippen LogP contribution is -2.37. The number of likely N-dealkylation sites (tertiary alicyclic amines) is 1. The van der Waals surface area contributed by atoms with Crippen molar-refractivity contribution in [3.63, 3.8) is 0 Å². The van der Waals surface area contributed by atoms with Gasteiger partial charge < -0.3 is 4.74 Å². The van der Waals surface area contributed by atoms with Crippen molar-refractivity contribution in [2.24, 2.45) is 11.8 Å². The van der Waals surface area contributed by atoms with Crippen LogP contribution in [0.5, 0.6) is 5.75 Å². The highest BCUT2D eigenvalue weighted by molar-refractivity contribution is 6.07. The molecule has 3 rings (SSSR count). The molecular weight excluding hydrogens is 294 g/mol. The lowest BCUT2D eigenvalue weighted by molar-refractivity contribution is -0.148. The summed E-state index contributed by atoms with van der Waals surface area (Å²) < 4.78 is 5.28. The van der Waals surface area contributed by atoms with E-state index in [1.807, 2.05) is 19.9 Å². The molecule has 1 aromatic carbocycles. The second-order valence-electron chi connectivity index (χ2n) is 6.48. The fourth-order valence-electron chi connectivity index (χ4n) is 3.46. The van der Waals surface area contributed by atoms with E-state index in [2.05, 4.69) is 0 Å². The molecule has 122 valence electrons. The quantitative estimate of drug-likeness (QED) is 0.488. The van der Waals surface area contributed by atoms with Gasteiger partial charge in [0.1, 0.15) is 12.3 Å². The molecule has 0 bridgehead atoms. The minimum Gasteiger partial charge on any atom is -0.425 e. The molecule has 5 nitrogen and oxygen atoms in total. The van der Waals surface area contributed by atoms with Gasteiger partial charge in [-0.05, 0) is 49.9 Å². The van der Waals surface area contributed by atoms with Gasteiger partial charge in [-0.2, -0.15) is 0 Å². The molecule has 1 heterocycles. The van der Waals surface area contributed by atoms with Crippen molar-refractivity contribution in [1.29, 1.82) is 0 Å². The first kappa shape index (κ1) is 15.7. The summed E-state index contributed by atoms with van der Waals surface area (Å²) >= 11 is 0. The van der Waals surface area contributed by atoms with Crippen molar-refractivity contribution >= 4 is 17.8 Å². The summed E-state index contributed by atoms with van der Waals surface area (Å²) in [5.74, 6) is -1.02. The molecule has 0 N–H and O–H groups in total. The van der Waals surface area contributed by atoms with Crippen LogP contribution in [0.25, 0.3) is 0 Å². The largest absolute Gasteiger partial charge is 0.425 e. The summed E-state index contributed by atoms with van der Waals surface area (Å²) in [6.07, 6.45) is 3.44. The Bertz CT molecular complexity index is 643. The Kier molecular flexibility index (Phi) is 4.20. The number of esters is 1. The summed E-state index contributed by atoms with van der Waals surface area (Å²) in [6, 6.07) is 5.37. The highest BCUT2D eigenvalue weighted by Gasteiger charge is 2.48. The van der Waals surface area contributed by atoms with E-state index in [-0.39, 0.29) is 30.2 Å². The average molecular weight is 315 g/mol. The monoisotopic (exact) mass is 315 g/mol. The smallest absolute Gasteiger partial charge is 0.331 e. The molecule has 1 saturated heterocycles. The summed E-state index contributed by atoms with van der Waals surface area (Å²) in [6.45, 7) is 3.62. The van der Waals surface area contributed by atoms with Crippen LogP contribution < -0.4 is 4.74 Å². The van der Waals surface area contributed by atoms with Crippen LogP contribution >= 0.6 is 0 Å². The summed E-state index contributed by atoms with van der Waals surface area (Å²) in [5.41, 5.74) is 2.13. The zero-order valence-electron chi connectivity index (χ0n) is 13.5. The van der Waals surface area contributed by atoms with E-state index in [4.69, 9.17) is 4.74 Å². The standard InChI is InChI=1S/C18H21NO4/c1-11-7-8-13(9-12(11)2)23-16(20)10-19-17(21)14-5-3-4-6-15(14)18(19)22/h7-9,14-15H,3-6,10H2,1-2H3/t14-,15-/m1/s1. The number of hydrogen-bond acceptors (Lipinski definition) is 4. The molecule has 1 aliphatic heterocycles. The number of nitrogens with zero attached hydrogens (tertiary/aromatic N) is 1. The third-order valence-electron chi connectivity index (χ3n) is 4.93. The molecule has 2 fully saturated rings. The van der Waals surface area contributed by atoms with E-state index < -0.39 is 5.97 Å². The summed E-state index contributed by atoms with van der Waals surface area (Å²) in [5, 5.41) is 0. The van der Waals surface area contributed by atoms with Crippen LogP contribution in [0.15, 0.2) is 18.2 Å². The van der Waals surface area contributed by atoms with Gasteiger partial charge in [0.2, 0.25) is 11.8 Å². The number of imide groups is 1. The molecule has 0 unspecified atom stereocenters. The fraction of sp³-hybridized carbons (Fsp3) is 0.500. The number of aryl methyl sites for hydroxylation is 2. The van der Waals surface area contributed by atoms with Crippen molar-refractivity contribution in [3.8, 4) is 5.75 Å². The average Bonchev–Trinajstić information content (AvgIpc) is 2.76. The predicted molar refractivity (Wildman–Crippen MR) is 83.7 cm³/mol. The highest BCUT2D eigenvalue weighted by atomic mass is 16.5. The van der Waals surface area contributed by atoms with Gasteiger partial charge in [-0.1, -0.05) is 18.9 Å². The molecule has 23 heavy (non-hydrogen) atoms. The molecule has 0 radical (unpaired) electrons.